The molecule has 0 radical (unpaired) electrons. The molecule has 1 aliphatic rings. The molecule has 0 aliphatic carbocycles. The standard InChI is InChI=1S/C22H24N2O3S/c25-22-19-10-3-5-11-20(19)23-16-24(22)14-7-1-2-8-17-13-15-28(26,27)21-12-6-4-9-18(17)21/h3-6,9-12,16-17H,1-2,7-8,13-15H2. The Hall–Kier alpha value is -2.47. The minimum absolute atomic E-state index is 0.0111. The van der Waals surface area contributed by atoms with Crippen molar-refractivity contribution in [2.75, 3.05) is 5.75 Å². The predicted molar refractivity (Wildman–Crippen MR) is 110 cm³/mol. The van der Waals surface area contributed by atoms with Crippen molar-refractivity contribution in [3.05, 3.63) is 70.8 Å². The zero-order valence-electron chi connectivity index (χ0n) is 15.8. The number of nitrogens with zero attached hydrogens (tertiary/aromatic N) is 2. The monoisotopic (exact) mass is 396 g/mol. The van der Waals surface area contributed by atoms with Crippen molar-refractivity contribution in [2.45, 2.75) is 49.5 Å². The second-order valence-corrected chi connectivity index (χ2v) is 9.53. The molecule has 0 saturated carbocycles. The Morgan fingerprint density at radius 1 is 1.00 bits per heavy atom. The number of rotatable bonds is 6. The first-order valence-electron chi connectivity index (χ1n) is 9.82. The van der Waals surface area contributed by atoms with Crippen LogP contribution < -0.4 is 5.56 Å². The Morgan fingerprint density at radius 3 is 2.68 bits per heavy atom. The minimum atomic E-state index is -3.11. The van der Waals surface area contributed by atoms with Crippen LogP contribution in [0.5, 0.6) is 0 Å². The molecule has 0 bridgehead atoms. The van der Waals surface area contributed by atoms with Crippen LogP contribution in [0.3, 0.4) is 0 Å². The van der Waals surface area contributed by atoms with Gasteiger partial charge in [-0.25, -0.2) is 13.4 Å². The first-order chi connectivity index (χ1) is 13.6. The number of aryl methyl sites for hydroxylation is 1. The van der Waals surface area contributed by atoms with Crippen LogP contribution in [0.1, 0.15) is 43.6 Å². The number of aromatic nitrogens is 2. The third-order valence-corrected chi connectivity index (χ3v) is 7.43. The van der Waals surface area contributed by atoms with E-state index in [4.69, 9.17) is 0 Å². The number of hydrogen-bond donors (Lipinski definition) is 0. The van der Waals surface area contributed by atoms with Crippen molar-refractivity contribution in [1.29, 1.82) is 0 Å². The number of para-hydroxylation sites is 1. The number of unbranched alkanes of at least 4 members (excludes halogenated alkanes) is 2. The van der Waals surface area contributed by atoms with E-state index < -0.39 is 9.84 Å². The molecule has 4 rings (SSSR count). The Labute approximate surface area is 165 Å². The molecule has 1 aromatic heterocycles. The number of benzene rings is 2. The molecule has 0 amide bonds. The Kier molecular flexibility index (Phi) is 5.31. The molecule has 6 heteroatoms. The highest BCUT2D eigenvalue weighted by atomic mass is 32.2. The van der Waals surface area contributed by atoms with Gasteiger partial charge in [-0.15, -0.1) is 0 Å². The molecule has 3 aromatic rings. The maximum Gasteiger partial charge on any atom is 0.261 e. The van der Waals surface area contributed by atoms with Gasteiger partial charge in [0.1, 0.15) is 0 Å². The van der Waals surface area contributed by atoms with Crippen molar-refractivity contribution in [2.24, 2.45) is 0 Å². The van der Waals surface area contributed by atoms with E-state index >= 15 is 0 Å². The molecular formula is C22H24N2O3S. The van der Waals surface area contributed by atoms with Crippen LogP contribution in [0, 0.1) is 0 Å². The molecule has 1 atom stereocenters. The Balaban J connectivity index is 1.34. The third kappa shape index (κ3) is 3.74. The maximum atomic E-state index is 12.5. The van der Waals surface area contributed by atoms with Crippen LogP contribution in [0.25, 0.3) is 10.9 Å². The van der Waals surface area contributed by atoms with Crippen LogP contribution in [0.15, 0.2) is 64.5 Å². The first-order valence-corrected chi connectivity index (χ1v) is 11.5. The fourth-order valence-electron chi connectivity index (χ4n) is 4.08. The summed E-state index contributed by atoms with van der Waals surface area (Å²) in [5, 5.41) is 0.657. The number of fused-ring (bicyclic) bond motifs is 2. The summed E-state index contributed by atoms with van der Waals surface area (Å²) in [6.45, 7) is 0.659. The lowest BCUT2D eigenvalue weighted by Crippen LogP contribution is -2.21. The number of sulfone groups is 1. The van der Waals surface area contributed by atoms with Gasteiger partial charge in [0.25, 0.3) is 5.56 Å². The fourth-order valence-corrected chi connectivity index (χ4v) is 5.77. The summed E-state index contributed by atoms with van der Waals surface area (Å²) < 4.78 is 26.2. The second-order valence-electron chi connectivity index (χ2n) is 7.45. The van der Waals surface area contributed by atoms with E-state index in [0.29, 0.717) is 29.2 Å². The molecule has 0 fully saturated rings. The van der Waals surface area contributed by atoms with Gasteiger partial charge in [0.15, 0.2) is 9.84 Å². The zero-order valence-corrected chi connectivity index (χ0v) is 16.6. The van der Waals surface area contributed by atoms with Gasteiger partial charge in [0.05, 0.1) is 27.9 Å². The molecule has 146 valence electrons. The summed E-state index contributed by atoms with van der Waals surface area (Å²) in [6.07, 6.45) is 6.25. The van der Waals surface area contributed by atoms with Crippen molar-refractivity contribution >= 4 is 20.7 Å². The van der Waals surface area contributed by atoms with E-state index in [9.17, 15) is 13.2 Å². The Bertz CT molecular complexity index is 1150. The van der Waals surface area contributed by atoms with Gasteiger partial charge in [-0.1, -0.05) is 43.2 Å². The summed E-state index contributed by atoms with van der Waals surface area (Å²) in [6, 6.07) is 14.8. The highest BCUT2D eigenvalue weighted by Gasteiger charge is 2.29. The molecule has 1 unspecified atom stereocenters. The predicted octanol–water partition coefficient (Wildman–Crippen LogP) is 3.92. The lowest BCUT2D eigenvalue weighted by atomic mass is 9.90. The molecule has 1 aliphatic heterocycles. The minimum Gasteiger partial charge on any atom is -0.299 e. The summed E-state index contributed by atoms with van der Waals surface area (Å²) in [5.74, 6) is 0.553. The molecule has 0 spiro atoms. The molecule has 0 saturated heterocycles. The van der Waals surface area contributed by atoms with Gasteiger partial charge >= 0.3 is 0 Å². The molecule has 0 N–H and O–H groups in total. The summed E-state index contributed by atoms with van der Waals surface area (Å²) >= 11 is 0. The van der Waals surface area contributed by atoms with Gasteiger partial charge in [0, 0.05) is 6.54 Å². The average molecular weight is 397 g/mol. The van der Waals surface area contributed by atoms with E-state index in [2.05, 4.69) is 4.98 Å². The average Bonchev–Trinajstić information content (AvgIpc) is 2.71. The van der Waals surface area contributed by atoms with Crippen LogP contribution in [-0.4, -0.2) is 23.7 Å². The first kappa shape index (κ1) is 18.9. The third-order valence-electron chi connectivity index (χ3n) is 5.61. The quantitative estimate of drug-likeness (QED) is 0.592. The molecular weight excluding hydrogens is 372 g/mol. The van der Waals surface area contributed by atoms with Crippen molar-refractivity contribution in [1.82, 2.24) is 9.55 Å². The topological polar surface area (TPSA) is 69.0 Å². The SMILES string of the molecule is O=c1c2ccccc2ncn1CCCCCC1CCS(=O)(=O)c2ccccc21. The van der Waals surface area contributed by atoms with Crippen molar-refractivity contribution in [3.8, 4) is 0 Å². The largest absolute Gasteiger partial charge is 0.299 e. The lowest BCUT2D eigenvalue weighted by Gasteiger charge is -2.25. The summed E-state index contributed by atoms with van der Waals surface area (Å²) in [4.78, 5) is 17.4. The number of hydrogen-bond acceptors (Lipinski definition) is 4. The van der Waals surface area contributed by atoms with Crippen molar-refractivity contribution < 1.29 is 8.42 Å². The van der Waals surface area contributed by atoms with Crippen LogP contribution in [-0.2, 0) is 16.4 Å². The van der Waals surface area contributed by atoms with Crippen molar-refractivity contribution in [3.63, 3.8) is 0 Å². The van der Waals surface area contributed by atoms with E-state index in [-0.39, 0.29) is 11.3 Å². The zero-order chi connectivity index (χ0) is 19.6. The molecule has 2 aromatic carbocycles. The normalized spacial score (nSPS) is 18.1. The van der Waals surface area contributed by atoms with Gasteiger partial charge in [-0.05, 0) is 48.9 Å². The molecule has 5 nitrogen and oxygen atoms in total. The summed E-state index contributed by atoms with van der Waals surface area (Å²) in [5.41, 5.74) is 1.72. The summed E-state index contributed by atoms with van der Waals surface area (Å²) in [7, 11) is -3.11. The van der Waals surface area contributed by atoms with Gasteiger partial charge in [0.2, 0.25) is 0 Å². The van der Waals surface area contributed by atoms with Crippen LogP contribution in [0.2, 0.25) is 0 Å². The highest BCUT2D eigenvalue weighted by Crippen LogP contribution is 2.36. The molecule has 28 heavy (non-hydrogen) atoms. The van der Waals surface area contributed by atoms with E-state index in [1.807, 2.05) is 36.4 Å². The van der Waals surface area contributed by atoms with Gasteiger partial charge < -0.3 is 0 Å². The van der Waals surface area contributed by atoms with E-state index in [0.717, 1.165) is 36.8 Å². The van der Waals surface area contributed by atoms with Gasteiger partial charge in [-0.3, -0.25) is 9.36 Å². The van der Waals surface area contributed by atoms with E-state index in [1.165, 1.54) is 0 Å². The fraction of sp³-hybridized carbons (Fsp3) is 0.364. The lowest BCUT2D eigenvalue weighted by molar-refractivity contribution is 0.500. The maximum absolute atomic E-state index is 12.5. The van der Waals surface area contributed by atoms with Crippen LogP contribution >= 0.6 is 0 Å². The smallest absolute Gasteiger partial charge is 0.261 e. The Morgan fingerprint density at radius 2 is 1.79 bits per heavy atom. The van der Waals surface area contributed by atoms with Crippen LogP contribution in [0.4, 0.5) is 0 Å². The van der Waals surface area contributed by atoms with E-state index in [1.54, 1.807) is 23.0 Å². The highest BCUT2D eigenvalue weighted by molar-refractivity contribution is 7.91. The van der Waals surface area contributed by atoms with Gasteiger partial charge in [-0.2, -0.15) is 0 Å². The molecule has 2 heterocycles. The second kappa shape index (κ2) is 7.87.